The van der Waals surface area contributed by atoms with Gasteiger partial charge < -0.3 is 10.1 Å². The normalized spacial score (nSPS) is 23.7. The van der Waals surface area contributed by atoms with Crippen molar-refractivity contribution in [3.8, 4) is 5.88 Å². The maximum absolute atomic E-state index is 5.15. The molecule has 15 heavy (non-hydrogen) atoms. The van der Waals surface area contributed by atoms with Gasteiger partial charge in [0.05, 0.1) is 12.7 Å². The second kappa shape index (κ2) is 4.04. The summed E-state index contributed by atoms with van der Waals surface area (Å²) in [6, 6.07) is 0.591. The lowest BCUT2D eigenvalue weighted by molar-refractivity contribution is 0.393. The van der Waals surface area contributed by atoms with Crippen LogP contribution in [0.1, 0.15) is 25.3 Å². The number of hydrogen-bond donors (Lipinski definition) is 1. The van der Waals surface area contributed by atoms with E-state index in [1.807, 2.05) is 6.92 Å². The van der Waals surface area contributed by atoms with Crippen molar-refractivity contribution < 1.29 is 4.74 Å². The average Bonchev–Trinajstić information content (AvgIpc) is 3.00. The SMILES string of the molecule is CCC1CC1Nc1ncnc(OC)c1C. The number of anilines is 1. The van der Waals surface area contributed by atoms with E-state index >= 15 is 0 Å². The molecular weight excluding hydrogens is 190 g/mol. The fraction of sp³-hybridized carbons (Fsp3) is 0.636. The van der Waals surface area contributed by atoms with Crippen LogP contribution < -0.4 is 10.1 Å². The monoisotopic (exact) mass is 207 g/mol. The first-order valence-corrected chi connectivity index (χ1v) is 5.38. The van der Waals surface area contributed by atoms with E-state index in [2.05, 4.69) is 22.2 Å². The number of methoxy groups -OCH3 is 1. The average molecular weight is 207 g/mol. The van der Waals surface area contributed by atoms with Crippen LogP contribution in [0.2, 0.25) is 0 Å². The van der Waals surface area contributed by atoms with Crippen molar-refractivity contribution in [3.63, 3.8) is 0 Å². The summed E-state index contributed by atoms with van der Waals surface area (Å²) in [5, 5.41) is 3.43. The van der Waals surface area contributed by atoms with Crippen LogP contribution in [-0.4, -0.2) is 23.1 Å². The number of hydrogen-bond acceptors (Lipinski definition) is 4. The summed E-state index contributed by atoms with van der Waals surface area (Å²) in [6.07, 6.45) is 4.03. The second-order valence-electron chi connectivity index (χ2n) is 4.01. The van der Waals surface area contributed by atoms with Crippen LogP contribution in [0.3, 0.4) is 0 Å². The maximum atomic E-state index is 5.15. The third-order valence-corrected chi connectivity index (χ3v) is 3.00. The summed E-state index contributed by atoms with van der Waals surface area (Å²) in [6.45, 7) is 4.20. The minimum atomic E-state index is 0.591. The zero-order valence-electron chi connectivity index (χ0n) is 9.45. The van der Waals surface area contributed by atoms with Gasteiger partial charge in [-0.1, -0.05) is 13.3 Å². The lowest BCUT2D eigenvalue weighted by Gasteiger charge is -2.09. The Labute approximate surface area is 90.1 Å². The molecule has 2 rings (SSSR count). The number of nitrogens with zero attached hydrogens (tertiary/aromatic N) is 2. The molecule has 0 radical (unpaired) electrons. The molecule has 0 amide bonds. The van der Waals surface area contributed by atoms with Crippen LogP contribution >= 0.6 is 0 Å². The Hall–Kier alpha value is -1.32. The van der Waals surface area contributed by atoms with Crippen molar-refractivity contribution in [3.05, 3.63) is 11.9 Å². The van der Waals surface area contributed by atoms with Gasteiger partial charge >= 0.3 is 0 Å². The molecule has 4 heteroatoms. The fourth-order valence-corrected chi connectivity index (χ4v) is 1.84. The molecule has 4 nitrogen and oxygen atoms in total. The van der Waals surface area contributed by atoms with Crippen LogP contribution in [-0.2, 0) is 0 Å². The van der Waals surface area contributed by atoms with Gasteiger partial charge in [-0.05, 0) is 19.3 Å². The summed E-state index contributed by atoms with van der Waals surface area (Å²) < 4.78 is 5.15. The maximum Gasteiger partial charge on any atom is 0.221 e. The van der Waals surface area contributed by atoms with E-state index in [-0.39, 0.29) is 0 Å². The highest BCUT2D eigenvalue weighted by atomic mass is 16.5. The summed E-state index contributed by atoms with van der Waals surface area (Å²) >= 11 is 0. The molecule has 1 fully saturated rings. The molecule has 0 aromatic carbocycles. The van der Waals surface area contributed by atoms with Crippen molar-refractivity contribution in [2.24, 2.45) is 5.92 Å². The molecule has 0 aliphatic heterocycles. The van der Waals surface area contributed by atoms with Gasteiger partial charge in [0.1, 0.15) is 12.1 Å². The summed E-state index contributed by atoms with van der Waals surface area (Å²) in [5.41, 5.74) is 0.988. The summed E-state index contributed by atoms with van der Waals surface area (Å²) in [7, 11) is 1.63. The van der Waals surface area contributed by atoms with Crippen molar-refractivity contribution in [2.45, 2.75) is 32.7 Å². The number of nitrogens with one attached hydrogen (secondary N) is 1. The molecule has 0 bridgehead atoms. The Bertz CT molecular complexity index is 354. The zero-order chi connectivity index (χ0) is 10.8. The lowest BCUT2D eigenvalue weighted by Crippen LogP contribution is -2.08. The molecule has 1 N–H and O–H groups in total. The predicted molar refractivity (Wildman–Crippen MR) is 59.1 cm³/mol. The van der Waals surface area contributed by atoms with Gasteiger partial charge in [0.15, 0.2) is 0 Å². The zero-order valence-corrected chi connectivity index (χ0v) is 9.45. The largest absolute Gasteiger partial charge is 0.481 e. The van der Waals surface area contributed by atoms with Crippen LogP contribution in [0, 0.1) is 12.8 Å². The van der Waals surface area contributed by atoms with Crippen molar-refractivity contribution in [1.82, 2.24) is 9.97 Å². The molecule has 1 saturated carbocycles. The summed E-state index contributed by atoms with van der Waals surface area (Å²) in [4.78, 5) is 8.28. The van der Waals surface area contributed by atoms with Crippen LogP contribution in [0.25, 0.3) is 0 Å². The van der Waals surface area contributed by atoms with Crippen molar-refractivity contribution in [2.75, 3.05) is 12.4 Å². The first-order valence-electron chi connectivity index (χ1n) is 5.38. The molecule has 1 aliphatic rings. The molecule has 2 unspecified atom stereocenters. The Morgan fingerprint density at radius 3 is 2.93 bits per heavy atom. The standard InChI is InChI=1S/C11H17N3O/c1-4-8-5-9(8)14-10-7(2)11(15-3)13-6-12-10/h6,8-9H,4-5H2,1-3H3,(H,12,13,14). The van der Waals surface area contributed by atoms with E-state index in [4.69, 9.17) is 4.74 Å². The van der Waals surface area contributed by atoms with E-state index in [9.17, 15) is 0 Å². The van der Waals surface area contributed by atoms with Gasteiger partial charge in [0.25, 0.3) is 0 Å². The van der Waals surface area contributed by atoms with E-state index in [1.165, 1.54) is 19.2 Å². The quantitative estimate of drug-likeness (QED) is 0.820. The van der Waals surface area contributed by atoms with E-state index in [0.29, 0.717) is 11.9 Å². The third-order valence-electron chi connectivity index (χ3n) is 3.00. The van der Waals surface area contributed by atoms with Crippen LogP contribution in [0.15, 0.2) is 6.33 Å². The van der Waals surface area contributed by atoms with Crippen molar-refractivity contribution >= 4 is 5.82 Å². The topological polar surface area (TPSA) is 47.0 Å². The highest BCUT2D eigenvalue weighted by molar-refractivity contribution is 5.49. The third kappa shape index (κ3) is 2.03. The number of rotatable bonds is 4. The van der Waals surface area contributed by atoms with E-state index in [1.54, 1.807) is 7.11 Å². The van der Waals surface area contributed by atoms with Crippen LogP contribution in [0.4, 0.5) is 5.82 Å². The number of aromatic nitrogens is 2. The Morgan fingerprint density at radius 2 is 2.33 bits per heavy atom. The minimum Gasteiger partial charge on any atom is -0.481 e. The fourth-order valence-electron chi connectivity index (χ4n) is 1.84. The molecule has 1 aliphatic carbocycles. The van der Waals surface area contributed by atoms with Gasteiger partial charge in [-0.2, -0.15) is 0 Å². The first-order chi connectivity index (χ1) is 7.26. The molecule has 0 spiro atoms. The van der Waals surface area contributed by atoms with Crippen molar-refractivity contribution in [1.29, 1.82) is 0 Å². The molecule has 0 saturated heterocycles. The van der Waals surface area contributed by atoms with Gasteiger partial charge in [0.2, 0.25) is 5.88 Å². The van der Waals surface area contributed by atoms with Gasteiger partial charge in [-0.15, -0.1) is 0 Å². The Morgan fingerprint density at radius 1 is 1.53 bits per heavy atom. The van der Waals surface area contributed by atoms with E-state index in [0.717, 1.165) is 17.3 Å². The van der Waals surface area contributed by atoms with Gasteiger partial charge in [-0.3, -0.25) is 0 Å². The molecule has 82 valence electrons. The predicted octanol–water partition coefficient (Wildman–Crippen LogP) is 2.00. The van der Waals surface area contributed by atoms with Crippen LogP contribution in [0.5, 0.6) is 5.88 Å². The second-order valence-corrected chi connectivity index (χ2v) is 4.01. The number of ether oxygens (including phenoxy) is 1. The first kappa shape index (κ1) is 10.2. The van der Waals surface area contributed by atoms with Gasteiger partial charge in [-0.25, -0.2) is 9.97 Å². The Balaban J connectivity index is 2.08. The molecule has 1 aromatic rings. The van der Waals surface area contributed by atoms with Gasteiger partial charge in [0, 0.05) is 6.04 Å². The molecular formula is C11H17N3O. The molecule has 1 aromatic heterocycles. The smallest absolute Gasteiger partial charge is 0.221 e. The highest BCUT2D eigenvalue weighted by Crippen LogP contribution is 2.36. The lowest BCUT2D eigenvalue weighted by atomic mass is 10.3. The minimum absolute atomic E-state index is 0.591. The van der Waals surface area contributed by atoms with E-state index < -0.39 is 0 Å². The highest BCUT2D eigenvalue weighted by Gasteiger charge is 2.35. The molecule has 1 heterocycles. The Kier molecular flexibility index (Phi) is 2.75. The molecule has 2 atom stereocenters. The summed E-state index contributed by atoms with van der Waals surface area (Å²) in [5.74, 6) is 2.37.